The standard InChI is InChI=1S/C13H11O/c1-10-5-2-3-8-13(10)11-6-4-7-12(14)9-11/h2-5,7-9,14H,1H3. The van der Waals surface area contributed by atoms with Gasteiger partial charge in [-0.2, -0.15) is 0 Å². The van der Waals surface area contributed by atoms with Crippen LogP contribution in [-0.4, -0.2) is 5.11 Å². The van der Waals surface area contributed by atoms with Crippen LogP contribution in [0, 0.1) is 13.0 Å². The minimum Gasteiger partial charge on any atom is -0.508 e. The minimum absolute atomic E-state index is 0.280. The van der Waals surface area contributed by atoms with Gasteiger partial charge in [0.25, 0.3) is 0 Å². The Morgan fingerprint density at radius 2 is 1.93 bits per heavy atom. The smallest absolute Gasteiger partial charge is 0.116 e. The van der Waals surface area contributed by atoms with E-state index in [0.29, 0.717) is 0 Å². The summed E-state index contributed by atoms with van der Waals surface area (Å²) >= 11 is 0. The Bertz CT molecular complexity index is 446. The Morgan fingerprint density at radius 3 is 2.64 bits per heavy atom. The van der Waals surface area contributed by atoms with Crippen LogP contribution in [0.5, 0.6) is 5.75 Å². The van der Waals surface area contributed by atoms with E-state index in [4.69, 9.17) is 0 Å². The van der Waals surface area contributed by atoms with Crippen LogP contribution in [0.15, 0.2) is 42.5 Å². The number of aromatic hydroxyl groups is 1. The summed E-state index contributed by atoms with van der Waals surface area (Å²) in [6, 6.07) is 16.3. The highest BCUT2D eigenvalue weighted by atomic mass is 16.3. The summed E-state index contributed by atoms with van der Waals surface area (Å²) in [6.07, 6.45) is 0. The van der Waals surface area contributed by atoms with Gasteiger partial charge >= 0.3 is 0 Å². The second-order valence-electron chi connectivity index (χ2n) is 3.28. The van der Waals surface area contributed by atoms with E-state index in [-0.39, 0.29) is 5.75 Å². The molecule has 0 aliphatic heterocycles. The predicted octanol–water partition coefficient (Wildman–Crippen LogP) is 3.17. The van der Waals surface area contributed by atoms with Gasteiger partial charge in [-0.25, -0.2) is 0 Å². The molecule has 0 atom stereocenters. The van der Waals surface area contributed by atoms with E-state index < -0.39 is 0 Å². The number of phenolic OH excluding ortho intramolecular Hbond substituents is 1. The van der Waals surface area contributed by atoms with Gasteiger partial charge in [0.2, 0.25) is 0 Å². The van der Waals surface area contributed by atoms with Crippen molar-refractivity contribution in [3.05, 3.63) is 54.1 Å². The van der Waals surface area contributed by atoms with E-state index in [0.717, 1.165) is 11.1 Å². The molecule has 69 valence electrons. The molecule has 0 aliphatic rings. The van der Waals surface area contributed by atoms with Gasteiger partial charge in [0.05, 0.1) is 0 Å². The molecule has 2 aromatic rings. The van der Waals surface area contributed by atoms with Crippen LogP contribution in [-0.2, 0) is 0 Å². The average molecular weight is 183 g/mol. The van der Waals surface area contributed by atoms with Gasteiger partial charge in [0.15, 0.2) is 0 Å². The van der Waals surface area contributed by atoms with Crippen LogP contribution < -0.4 is 0 Å². The number of rotatable bonds is 1. The van der Waals surface area contributed by atoms with Crippen molar-refractivity contribution in [3.8, 4) is 16.9 Å². The van der Waals surface area contributed by atoms with Crippen LogP contribution in [0.3, 0.4) is 0 Å². The molecule has 0 unspecified atom stereocenters. The lowest BCUT2D eigenvalue weighted by Crippen LogP contribution is -1.81. The van der Waals surface area contributed by atoms with Crippen molar-refractivity contribution in [1.29, 1.82) is 0 Å². The summed E-state index contributed by atoms with van der Waals surface area (Å²) in [5.74, 6) is 0.280. The molecule has 1 heteroatoms. The van der Waals surface area contributed by atoms with Gasteiger partial charge in [0.1, 0.15) is 5.75 Å². The van der Waals surface area contributed by atoms with Crippen LogP contribution in [0.1, 0.15) is 5.56 Å². The number of benzene rings is 2. The van der Waals surface area contributed by atoms with Crippen LogP contribution in [0.25, 0.3) is 11.1 Å². The molecular weight excluding hydrogens is 172 g/mol. The zero-order valence-corrected chi connectivity index (χ0v) is 7.99. The van der Waals surface area contributed by atoms with E-state index in [1.54, 1.807) is 18.2 Å². The zero-order valence-electron chi connectivity index (χ0n) is 7.99. The Morgan fingerprint density at radius 1 is 1.14 bits per heavy atom. The maximum absolute atomic E-state index is 9.35. The molecular formula is C13H11O. The van der Waals surface area contributed by atoms with Crippen molar-refractivity contribution in [2.45, 2.75) is 6.92 Å². The fourth-order valence-electron chi connectivity index (χ4n) is 1.49. The summed E-state index contributed by atoms with van der Waals surface area (Å²) in [4.78, 5) is 0. The minimum atomic E-state index is 0.280. The van der Waals surface area contributed by atoms with Crippen molar-refractivity contribution in [1.82, 2.24) is 0 Å². The van der Waals surface area contributed by atoms with Crippen molar-refractivity contribution in [3.63, 3.8) is 0 Å². The van der Waals surface area contributed by atoms with Gasteiger partial charge < -0.3 is 5.11 Å². The third kappa shape index (κ3) is 1.62. The van der Waals surface area contributed by atoms with Crippen molar-refractivity contribution >= 4 is 0 Å². The topological polar surface area (TPSA) is 20.2 Å². The molecule has 1 N–H and O–H groups in total. The Balaban J connectivity index is 2.55. The maximum atomic E-state index is 9.35. The molecule has 0 aromatic heterocycles. The molecule has 0 heterocycles. The van der Waals surface area contributed by atoms with Crippen molar-refractivity contribution < 1.29 is 5.11 Å². The van der Waals surface area contributed by atoms with E-state index in [2.05, 4.69) is 6.07 Å². The summed E-state index contributed by atoms with van der Waals surface area (Å²) in [5, 5.41) is 9.35. The number of aryl methyl sites for hydroxylation is 1. The van der Waals surface area contributed by atoms with E-state index in [1.807, 2.05) is 31.2 Å². The highest BCUT2D eigenvalue weighted by Crippen LogP contribution is 2.25. The van der Waals surface area contributed by atoms with Gasteiger partial charge in [-0.15, -0.1) is 0 Å². The molecule has 0 saturated heterocycles. The second-order valence-corrected chi connectivity index (χ2v) is 3.28. The van der Waals surface area contributed by atoms with Crippen LogP contribution in [0.2, 0.25) is 0 Å². The first-order valence-electron chi connectivity index (χ1n) is 4.54. The first-order chi connectivity index (χ1) is 6.77. The third-order valence-electron chi connectivity index (χ3n) is 2.22. The Hall–Kier alpha value is -1.76. The largest absolute Gasteiger partial charge is 0.508 e. The Kier molecular flexibility index (Phi) is 2.23. The van der Waals surface area contributed by atoms with E-state index in [1.165, 1.54) is 5.56 Å². The van der Waals surface area contributed by atoms with E-state index in [9.17, 15) is 5.11 Å². The second kappa shape index (κ2) is 3.54. The molecule has 0 spiro atoms. The fourth-order valence-corrected chi connectivity index (χ4v) is 1.49. The Labute approximate surface area is 83.6 Å². The maximum Gasteiger partial charge on any atom is 0.116 e. The molecule has 2 rings (SSSR count). The molecule has 14 heavy (non-hydrogen) atoms. The molecule has 1 radical (unpaired) electrons. The third-order valence-corrected chi connectivity index (χ3v) is 2.22. The molecule has 2 aromatic carbocycles. The lowest BCUT2D eigenvalue weighted by Gasteiger charge is -2.04. The SMILES string of the molecule is Cc1ccccc1-c1[c]ccc(O)c1. The van der Waals surface area contributed by atoms with E-state index >= 15 is 0 Å². The first kappa shape index (κ1) is 8.82. The van der Waals surface area contributed by atoms with Gasteiger partial charge in [-0.05, 0) is 41.8 Å². The summed E-state index contributed by atoms with van der Waals surface area (Å²) in [5.41, 5.74) is 3.24. The number of phenols is 1. The summed E-state index contributed by atoms with van der Waals surface area (Å²) < 4.78 is 0. The van der Waals surface area contributed by atoms with Crippen molar-refractivity contribution in [2.24, 2.45) is 0 Å². The zero-order chi connectivity index (χ0) is 9.97. The molecule has 0 aliphatic carbocycles. The van der Waals surface area contributed by atoms with Gasteiger partial charge in [0, 0.05) is 0 Å². The quantitative estimate of drug-likeness (QED) is 0.720. The normalized spacial score (nSPS) is 10.1. The molecule has 0 fully saturated rings. The summed E-state index contributed by atoms with van der Waals surface area (Å²) in [6.45, 7) is 2.05. The lowest BCUT2D eigenvalue weighted by atomic mass is 10.0. The van der Waals surface area contributed by atoms with Crippen LogP contribution >= 0.6 is 0 Å². The predicted molar refractivity (Wildman–Crippen MR) is 57.1 cm³/mol. The molecule has 0 saturated carbocycles. The van der Waals surface area contributed by atoms with Gasteiger partial charge in [-0.1, -0.05) is 30.3 Å². The fraction of sp³-hybridized carbons (Fsp3) is 0.0769. The van der Waals surface area contributed by atoms with Gasteiger partial charge in [-0.3, -0.25) is 0 Å². The first-order valence-corrected chi connectivity index (χ1v) is 4.54. The lowest BCUT2D eigenvalue weighted by molar-refractivity contribution is 0.475. The average Bonchev–Trinajstić information content (AvgIpc) is 2.18. The molecule has 0 bridgehead atoms. The molecule has 1 nitrogen and oxygen atoms in total. The molecule has 0 amide bonds. The monoisotopic (exact) mass is 183 g/mol. The highest BCUT2D eigenvalue weighted by molar-refractivity contribution is 5.67. The number of hydrogen-bond donors (Lipinski definition) is 1. The number of hydrogen-bond acceptors (Lipinski definition) is 1. The highest BCUT2D eigenvalue weighted by Gasteiger charge is 2.00. The summed E-state index contributed by atoms with van der Waals surface area (Å²) in [7, 11) is 0. The van der Waals surface area contributed by atoms with Crippen molar-refractivity contribution in [2.75, 3.05) is 0 Å². The van der Waals surface area contributed by atoms with Crippen LogP contribution in [0.4, 0.5) is 0 Å².